The monoisotopic (exact) mass is 220 g/mol. The van der Waals surface area contributed by atoms with E-state index in [1.54, 1.807) is 0 Å². The van der Waals surface area contributed by atoms with E-state index in [-0.39, 0.29) is 0 Å². The molecule has 1 aromatic carbocycles. The Morgan fingerprint density at radius 3 is 1.88 bits per heavy atom. The van der Waals surface area contributed by atoms with Gasteiger partial charge in [0.2, 0.25) is 0 Å². The average molecular weight is 220 g/mol. The normalized spacial score (nSPS) is 11.7. The summed E-state index contributed by atoms with van der Waals surface area (Å²) in [5.74, 6) is 0. The van der Waals surface area contributed by atoms with Crippen molar-refractivity contribution in [1.82, 2.24) is 0 Å². The highest BCUT2D eigenvalue weighted by atomic mass is 15.3. The first-order valence-corrected chi connectivity index (χ1v) is 6.65. The Morgan fingerprint density at radius 2 is 1.44 bits per heavy atom. The summed E-state index contributed by atoms with van der Waals surface area (Å²) in [6, 6.07) is 10.9. The van der Waals surface area contributed by atoms with Gasteiger partial charge in [0.1, 0.15) is 6.54 Å². The molecule has 0 spiro atoms. The number of rotatable bonds is 7. The maximum Gasteiger partial charge on any atom is 0.104 e. The Kier molecular flexibility index (Phi) is 5.54. The number of quaternary nitrogens is 1. The molecule has 1 aromatic rings. The molecule has 1 nitrogen and oxygen atoms in total. The Hall–Kier alpha value is -0.820. The molecule has 90 valence electrons. The van der Waals surface area contributed by atoms with Crippen LogP contribution < -0.4 is 0 Å². The van der Waals surface area contributed by atoms with Gasteiger partial charge in [0, 0.05) is 5.56 Å². The minimum Gasteiger partial charge on any atom is -0.320 e. The van der Waals surface area contributed by atoms with Crippen LogP contribution in [-0.2, 0) is 6.54 Å². The molecule has 0 saturated carbocycles. The lowest BCUT2D eigenvalue weighted by molar-refractivity contribution is -0.939. The minimum atomic E-state index is 1.19. The van der Waals surface area contributed by atoms with Crippen LogP contribution >= 0.6 is 0 Å². The van der Waals surface area contributed by atoms with Crippen LogP contribution in [0.4, 0.5) is 0 Å². The lowest BCUT2D eigenvalue weighted by Gasteiger charge is -2.37. The van der Waals surface area contributed by atoms with E-state index in [2.05, 4.69) is 51.1 Å². The third kappa shape index (κ3) is 3.64. The van der Waals surface area contributed by atoms with Crippen molar-refractivity contribution in [3.63, 3.8) is 0 Å². The van der Waals surface area contributed by atoms with Crippen LogP contribution in [0.25, 0.3) is 0 Å². The molecule has 0 aromatic heterocycles. The zero-order valence-electron chi connectivity index (χ0n) is 11.1. The van der Waals surface area contributed by atoms with Crippen molar-refractivity contribution >= 4 is 0 Å². The Balaban J connectivity index is 2.76. The van der Waals surface area contributed by atoms with Crippen molar-refractivity contribution in [2.75, 3.05) is 19.6 Å². The minimum absolute atomic E-state index is 1.19. The first-order valence-electron chi connectivity index (χ1n) is 6.65. The fraction of sp³-hybridized carbons (Fsp3) is 0.600. The molecule has 16 heavy (non-hydrogen) atoms. The van der Waals surface area contributed by atoms with Gasteiger partial charge in [-0.05, 0) is 19.8 Å². The third-order valence-corrected chi connectivity index (χ3v) is 3.43. The van der Waals surface area contributed by atoms with Gasteiger partial charge in [-0.2, -0.15) is 0 Å². The van der Waals surface area contributed by atoms with Gasteiger partial charge < -0.3 is 4.48 Å². The Morgan fingerprint density at radius 1 is 0.875 bits per heavy atom. The highest BCUT2D eigenvalue weighted by molar-refractivity contribution is 5.13. The van der Waals surface area contributed by atoms with Crippen molar-refractivity contribution < 1.29 is 4.48 Å². The zero-order valence-corrected chi connectivity index (χ0v) is 11.1. The van der Waals surface area contributed by atoms with Crippen molar-refractivity contribution in [2.24, 2.45) is 0 Å². The molecule has 0 unspecified atom stereocenters. The molecule has 0 atom stereocenters. The van der Waals surface area contributed by atoms with E-state index in [1.807, 2.05) is 0 Å². The summed E-state index contributed by atoms with van der Waals surface area (Å²) < 4.78 is 1.25. The molecular formula is C15H26N+. The SMILES string of the molecule is CCC[N+](CC)(CCC)Cc1ccccc1. The van der Waals surface area contributed by atoms with Crippen molar-refractivity contribution in [1.29, 1.82) is 0 Å². The van der Waals surface area contributed by atoms with E-state index in [9.17, 15) is 0 Å². The summed E-state index contributed by atoms with van der Waals surface area (Å²) in [5, 5.41) is 0. The van der Waals surface area contributed by atoms with Crippen LogP contribution in [0.2, 0.25) is 0 Å². The van der Waals surface area contributed by atoms with E-state index in [0.717, 1.165) is 0 Å². The van der Waals surface area contributed by atoms with Gasteiger partial charge in [0.15, 0.2) is 0 Å². The van der Waals surface area contributed by atoms with Gasteiger partial charge in [0.25, 0.3) is 0 Å². The van der Waals surface area contributed by atoms with Crippen LogP contribution in [-0.4, -0.2) is 24.1 Å². The summed E-state index contributed by atoms with van der Waals surface area (Å²) in [6.45, 7) is 12.0. The standard InChI is InChI=1S/C15H26N/c1-4-12-16(6-3,13-5-2)14-15-10-8-7-9-11-15/h7-11H,4-6,12-14H2,1-3H3/q+1. The predicted octanol–water partition coefficient (Wildman–Crippen LogP) is 3.84. The number of nitrogens with zero attached hydrogens (tertiary/aromatic N) is 1. The maximum absolute atomic E-state index is 2.33. The first kappa shape index (κ1) is 13.2. The van der Waals surface area contributed by atoms with Crippen LogP contribution in [0.3, 0.4) is 0 Å². The maximum atomic E-state index is 2.33. The second-order valence-electron chi connectivity index (χ2n) is 4.75. The molecule has 0 radical (unpaired) electrons. The topological polar surface area (TPSA) is 0 Å². The molecule has 0 amide bonds. The molecular weight excluding hydrogens is 194 g/mol. The highest BCUT2D eigenvalue weighted by Gasteiger charge is 2.23. The van der Waals surface area contributed by atoms with Crippen LogP contribution in [0.1, 0.15) is 39.2 Å². The summed E-state index contributed by atoms with van der Waals surface area (Å²) in [4.78, 5) is 0. The highest BCUT2D eigenvalue weighted by Crippen LogP contribution is 2.16. The summed E-state index contributed by atoms with van der Waals surface area (Å²) in [6.07, 6.45) is 2.56. The number of benzene rings is 1. The van der Waals surface area contributed by atoms with Crippen molar-refractivity contribution in [3.05, 3.63) is 35.9 Å². The van der Waals surface area contributed by atoms with Gasteiger partial charge in [-0.1, -0.05) is 44.2 Å². The molecule has 0 fully saturated rings. The molecule has 0 saturated heterocycles. The molecule has 1 heteroatoms. The van der Waals surface area contributed by atoms with Crippen molar-refractivity contribution in [3.8, 4) is 0 Å². The molecule has 0 bridgehead atoms. The molecule has 0 heterocycles. The number of hydrogen-bond acceptors (Lipinski definition) is 0. The Labute approximate surface area is 101 Å². The molecule has 0 aliphatic rings. The van der Waals surface area contributed by atoms with E-state index in [4.69, 9.17) is 0 Å². The summed E-state index contributed by atoms with van der Waals surface area (Å²) in [7, 11) is 0. The average Bonchev–Trinajstić information content (AvgIpc) is 2.31. The second kappa shape index (κ2) is 6.70. The first-order chi connectivity index (χ1) is 7.76. The van der Waals surface area contributed by atoms with Gasteiger partial charge in [-0.3, -0.25) is 0 Å². The zero-order chi connectivity index (χ0) is 11.9. The molecule has 0 aliphatic heterocycles. The summed E-state index contributed by atoms with van der Waals surface area (Å²) in [5.41, 5.74) is 1.48. The van der Waals surface area contributed by atoms with Gasteiger partial charge in [-0.15, -0.1) is 0 Å². The van der Waals surface area contributed by atoms with Crippen molar-refractivity contribution in [2.45, 2.75) is 40.2 Å². The molecule has 0 N–H and O–H groups in total. The van der Waals surface area contributed by atoms with Crippen LogP contribution in [0.5, 0.6) is 0 Å². The quantitative estimate of drug-likeness (QED) is 0.612. The van der Waals surface area contributed by atoms with E-state index in [0.29, 0.717) is 0 Å². The predicted molar refractivity (Wildman–Crippen MR) is 71.3 cm³/mol. The number of hydrogen-bond donors (Lipinski definition) is 0. The largest absolute Gasteiger partial charge is 0.320 e. The van der Waals surface area contributed by atoms with Gasteiger partial charge in [0.05, 0.1) is 19.6 Å². The molecule has 1 rings (SSSR count). The fourth-order valence-corrected chi connectivity index (χ4v) is 2.62. The third-order valence-electron chi connectivity index (χ3n) is 3.43. The van der Waals surface area contributed by atoms with E-state index < -0.39 is 0 Å². The van der Waals surface area contributed by atoms with Crippen LogP contribution in [0.15, 0.2) is 30.3 Å². The van der Waals surface area contributed by atoms with Gasteiger partial charge in [-0.25, -0.2) is 0 Å². The van der Waals surface area contributed by atoms with E-state index >= 15 is 0 Å². The molecule has 0 aliphatic carbocycles. The lowest BCUT2D eigenvalue weighted by Crippen LogP contribution is -2.48. The van der Waals surface area contributed by atoms with Crippen LogP contribution in [0, 0.1) is 0 Å². The second-order valence-corrected chi connectivity index (χ2v) is 4.75. The fourth-order valence-electron chi connectivity index (χ4n) is 2.62. The Bertz CT molecular complexity index is 273. The van der Waals surface area contributed by atoms with E-state index in [1.165, 1.54) is 49.1 Å². The van der Waals surface area contributed by atoms with Gasteiger partial charge >= 0.3 is 0 Å². The summed E-state index contributed by atoms with van der Waals surface area (Å²) >= 11 is 0. The lowest BCUT2D eigenvalue weighted by atomic mass is 10.1. The smallest absolute Gasteiger partial charge is 0.104 e.